The molecule has 3 heteroatoms. The number of halogens is 1. The average Bonchev–Trinajstić information content (AvgIpc) is 2.97. The molecule has 1 heterocycles. The van der Waals surface area contributed by atoms with Crippen molar-refractivity contribution in [3.63, 3.8) is 0 Å². The Labute approximate surface area is 120 Å². The van der Waals surface area contributed by atoms with Gasteiger partial charge < -0.3 is 5.32 Å². The van der Waals surface area contributed by atoms with Gasteiger partial charge in [-0.25, -0.2) is 0 Å². The number of hydrogen-bond acceptors (Lipinski definition) is 2. The molecule has 3 unspecified atom stereocenters. The van der Waals surface area contributed by atoms with Crippen molar-refractivity contribution in [2.45, 2.75) is 52.0 Å². The van der Waals surface area contributed by atoms with E-state index >= 15 is 0 Å². The molecule has 0 spiro atoms. The molecule has 18 heavy (non-hydrogen) atoms. The van der Waals surface area contributed by atoms with Gasteiger partial charge in [0.15, 0.2) is 0 Å². The van der Waals surface area contributed by atoms with Crippen molar-refractivity contribution >= 4 is 22.9 Å². The number of hydrogen-bond donors (Lipinski definition) is 1. The molecule has 1 aromatic heterocycles. The maximum atomic E-state index is 6.02. The zero-order valence-electron chi connectivity index (χ0n) is 11.4. The van der Waals surface area contributed by atoms with Gasteiger partial charge in [-0.3, -0.25) is 0 Å². The molecule has 0 amide bonds. The van der Waals surface area contributed by atoms with Crippen LogP contribution in [0.2, 0.25) is 4.34 Å². The van der Waals surface area contributed by atoms with E-state index in [0.29, 0.717) is 6.04 Å². The number of rotatable bonds is 6. The van der Waals surface area contributed by atoms with Crippen molar-refractivity contribution in [3.8, 4) is 0 Å². The highest BCUT2D eigenvalue weighted by atomic mass is 35.5. The van der Waals surface area contributed by atoms with Crippen molar-refractivity contribution in [1.29, 1.82) is 0 Å². The van der Waals surface area contributed by atoms with Gasteiger partial charge in [0.25, 0.3) is 0 Å². The topological polar surface area (TPSA) is 12.0 Å². The fraction of sp³-hybridized carbons (Fsp3) is 0.733. The molecule has 3 atom stereocenters. The number of nitrogens with one attached hydrogen (secondary N) is 1. The predicted octanol–water partition coefficient (Wildman–Crippen LogP) is 4.75. The summed E-state index contributed by atoms with van der Waals surface area (Å²) in [6, 6.07) is 4.85. The first kappa shape index (κ1) is 14.4. The lowest BCUT2D eigenvalue weighted by Crippen LogP contribution is -2.36. The molecule has 102 valence electrons. The largest absolute Gasteiger partial charge is 0.314 e. The molecule has 0 aromatic carbocycles. The van der Waals surface area contributed by atoms with E-state index < -0.39 is 0 Å². The highest BCUT2D eigenvalue weighted by Crippen LogP contribution is 2.36. The molecule has 1 aliphatic carbocycles. The smallest absolute Gasteiger partial charge is 0.0931 e. The second kappa shape index (κ2) is 6.93. The van der Waals surface area contributed by atoms with E-state index in [1.807, 2.05) is 6.07 Å². The molecule has 2 rings (SSSR count). The van der Waals surface area contributed by atoms with Crippen LogP contribution in [0.15, 0.2) is 12.1 Å². The molecule has 0 aliphatic heterocycles. The monoisotopic (exact) mass is 285 g/mol. The number of thiophene rings is 1. The molecule has 1 aromatic rings. The summed E-state index contributed by atoms with van der Waals surface area (Å²) in [5.74, 6) is 1.82. The van der Waals surface area contributed by atoms with E-state index in [1.54, 1.807) is 11.3 Å². The molecule has 1 aliphatic rings. The van der Waals surface area contributed by atoms with Gasteiger partial charge in [0.05, 0.1) is 4.34 Å². The summed E-state index contributed by atoms with van der Waals surface area (Å²) in [6.45, 7) is 5.60. The minimum absolute atomic E-state index is 0.640. The van der Waals surface area contributed by atoms with Crippen LogP contribution < -0.4 is 5.32 Å². The van der Waals surface area contributed by atoms with Gasteiger partial charge in [0.2, 0.25) is 0 Å². The normalized spacial score (nSPS) is 25.5. The first-order valence-electron chi connectivity index (χ1n) is 7.20. The SMILES string of the molecule is CCNC(Cc1ccc(Cl)s1)C1CCC(CC)C1. The Morgan fingerprint density at radius 3 is 2.78 bits per heavy atom. The summed E-state index contributed by atoms with van der Waals surface area (Å²) in [5, 5.41) is 3.69. The molecule has 0 bridgehead atoms. The lowest BCUT2D eigenvalue weighted by Gasteiger charge is -2.24. The summed E-state index contributed by atoms with van der Waals surface area (Å²) in [7, 11) is 0. The van der Waals surface area contributed by atoms with Crippen LogP contribution in [0.4, 0.5) is 0 Å². The third-order valence-electron chi connectivity index (χ3n) is 4.24. The van der Waals surface area contributed by atoms with Crippen LogP contribution in [0.1, 0.15) is 44.4 Å². The molecular weight excluding hydrogens is 262 g/mol. The highest BCUT2D eigenvalue weighted by molar-refractivity contribution is 7.16. The van der Waals surface area contributed by atoms with Crippen LogP contribution in [0.3, 0.4) is 0 Å². The Hall–Kier alpha value is -0.0500. The zero-order chi connectivity index (χ0) is 13.0. The average molecular weight is 286 g/mol. The minimum Gasteiger partial charge on any atom is -0.314 e. The molecule has 0 radical (unpaired) electrons. The standard InChI is InChI=1S/C15H24ClNS/c1-3-11-5-6-12(9-11)14(17-4-2)10-13-7-8-15(16)18-13/h7-8,11-12,14,17H,3-6,9-10H2,1-2H3. The summed E-state index contributed by atoms with van der Waals surface area (Å²) in [4.78, 5) is 1.42. The van der Waals surface area contributed by atoms with E-state index in [1.165, 1.54) is 30.6 Å². The van der Waals surface area contributed by atoms with Crippen LogP contribution in [-0.2, 0) is 6.42 Å². The first-order valence-corrected chi connectivity index (χ1v) is 8.40. The van der Waals surface area contributed by atoms with Crippen LogP contribution in [0.25, 0.3) is 0 Å². The quantitative estimate of drug-likeness (QED) is 0.795. The summed E-state index contributed by atoms with van der Waals surface area (Å²) in [5.41, 5.74) is 0. The third kappa shape index (κ3) is 3.72. The molecule has 1 N–H and O–H groups in total. The Balaban J connectivity index is 1.95. The number of likely N-dealkylation sites (N-methyl/N-ethyl adjacent to an activating group) is 1. The van der Waals surface area contributed by atoms with Crippen LogP contribution in [0.5, 0.6) is 0 Å². The van der Waals surface area contributed by atoms with E-state index in [9.17, 15) is 0 Å². The summed E-state index contributed by atoms with van der Waals surface area (Å²) < 4.78 is 0.915. The van der Waals surface area contributed by atoms with Gasteiger partial charge in [-0.2, -0.15) is 0 Å². The van der Waals surface area contributed by atoms with Gasteiger partial charge >= 0.3 is 0 Å². The van der Waals surface area contributed by atoms with Crippen molar-refractivity contribution in [2.24, 2.45) is 11.8 Å². The molecule has 1 fully saturated rings. The molecule has 1 saturated carbocycles. The van der Waals surface area contributed by atoms with Crippen molar-refractivity contribution in [3.05, 3.63) is 21.3 Å². The van der Waals surface area contributed by atoms with E-state index in [4.69, 9.17) is 11.6 Å². The van der Waals surface area contributed by atoms with Crippen molar-refractivity contribution in [2.75, 3.05) is 6.54 Å². The maximum absolute atomic E-state index is 6.02. The lowest BCUT2D eigenvalue weighted by atomic mass is 9.93. The Bertz CT molecular complexity index is 363. The van der Waals surface area contributed by atoms with Crippen LogP contribution in [0, 0.1) is 11.8 Å². The fourth-order valence-corrected chi connectivity index (χ4v) is 4.34. The van der Waals surface area contributed by atoms with Gasteiger partial charge in [-0.15, -0.1) is 11.3 Å². The van der Waals surface area contributed by atoms with Crippen molar-refractivity contribution < 1.29 is 0 Å². The van der Waals surface area contributed by atoms with Crippen LogP contribution in [-0.4, -0.2) is 12.6 Å². The maximum Gasteiger partial charge on any atom is 0.0931 e. The van der Waals surface area contributed by atoms with E-state index in [-0.39, 0.29) is 0 Å². The zero-order valence-corrected chi connectivity index (χ0v) is 13.0. The fourth-order valence-electron chi connectivity index (χ4n) is 3.20. The Morgan fingerprint density at radius 2 is 2.22 bits per heavy atom. The van der Waals surface area contributed by atoms with E-state index in [0.717, 1.165) is 29.1 Å². The first-order chi connectivity index (χ1) is 8.72. The molecular formula is C15H24ClNS. The lowest BCUT2D eigenvalue weighted by molar-refractivity contribution is 0.350. The second-order valence-electron chi connectivity index (χ2n) is 5.42. The summed E-state index contributed by atoms with van der Waals surface area (Å²) >= 11 is 7.76. The third-order valence-corrected chi connectivity index (χ3v) is 5.50. The van der Waals surface area contributed by atoms with Gasteiger partial charge in [-0.05, 0) is 49.8 Å². The van der Waals surface area contributed by atoms with Crippen molar-refractivity contribution in [1.82, 2.24) is 5.32 Å². The highest BCUT2D eigenvalue weighted by Gasteiger charge is 2.29. The van der Waals surface area contributed by atoms with E-state index in [2.05, 4.69) is 25.2 Å². The molecule has 0 saturated heterocycles. The van der Waals surface area contributed by atoms with Gasteiger partial charge in [-0.1, -0.05) is 38.3 Å². The summed E-state index contributed by atoms with van der Waals surface area (Å²) in [6.07, 6.45) is 6.73. The second-order valence-corrected chi connectivity index (χ2v) is 7.22. The Kier molecular flexibility index (Phi) is 5.53. The van der Waals surface area contributed by atoms with Gasteiger partial charge in [0.1, 0.15) is 0 Å². The molecule has 1 nitrogen and oxygen atoms in total. The minimum atomic E-state index is 0.640. The van der Waals surface area contributed by atoms with Crippen LogP contribution >= 0.6 is 22.9 Å². The predicted molar refractivity (Wildman–Crippen MR) is 81.6 cm³/mol. The van der Waals surface area contributed by atoms with Gasteiger partial charge in [0, 0.05) is 10.9 Å². The Morgan fingerprint density at radius 1 is 1.39 bits per heavy atom.